The second kappa shape index (κ2) is 8.91. The zero-order chi connectivity index (χ0) is 16.5. The summed E-state index contributed by atoms with van der Waals surface area (Å²) in [4.78, 5) is 13.2. The minimum absolute atomic E-state index is 0.407. The molecular formula is C20H23NO2. The fourth-order valence-electron chi connectivity index (χ4n) is 2.45. The van der Waals surface area contributed by atoms with Crippen LogP contribution in [0.15, 0.2) is 72.3 Å². The van der Waals surface area contributed by atoms with Gasteiger partial charge in [0.15, 0.2) is 0 Å². The molecule has 0 atom stereocenters. The molecule has 0 aliphatic rings. The van der Waals surface area contributed by atoms with E-state index in [1.54, 1.807) is 13.0 Å². The molecule has 3 heteroatoms. The van der Waals surface area contributed by atoms with Crippen LogP contribution in [-0.2, 0) is 17.9 Å². The van der Waals surface area contributed by atoms with Crippen LogP contribution < -0.4 is 0 Å². The number of rotatable bonds is 8. The maximum Gasteiger partial charge on any atom is 0.330 e. The van der Waals surface area contributed by atoms with Crippen LogP contribution in [0.25, 0.3) is 0 Å². The summed E-state index contributed by atoms with van der Waals surface area (Å²) < 4.78 is 0. The Morgan fingerprint density at radius 3 is 1.87 bits per heavy atom. The van der Waals surface area contributed by atoms with Crippen molar-refractivity contribution in [2.24, 2.45) is 0 Å². The minimum atomic E-state index is -0.845. The van der Waals surface area contributed by atoms with E-state index in [0.29, 0.717) is 5.57 Å². The Hall–Kier alpha value is -2.39. The molecule has 2 rings (SSSR count). The van der Waals surface area contributed by atoms with E-state index in [1.165, 1.54) is 11.1 Å². The quantitative estimate of drug-likeness (QED) is 0.746. The zero-order valence-corrected chi connectivity index (χ0v) is 13.5. The van der Waals surface area contributed by atoms with E-state index >= 15 is 0 Å². The molecule has 0 radical (unpaired) electrons. The second-order valence-corrected chi connectivity index (χ2v) is 5.66. The van der Waals surface area contributed by atoms with E-state index in [0.717, 1.165) is 26.1 Å². The highest BCUT2D eigenvalue weighted by atomic mass is 16.4. The van der Waals surface area contributed by atoms with Crippen LogP contribution in [0.2, 0.25) is 0 Å². The number of hydrogen-bond acceptors (Lipinski definition) is 2. The van der Waals surface area contributed by atoms with Crippen molar-refractivity contribution >= 4 is 5.97 Å². The summed E-state index contributed by atoms with van der Waals surface area (Å²) in [7, 11) is 0. The van der Waals surface area contributed by atoms with Crippen molar-refractivity contribution in [2.75, 3.05) is 6.54 Å². The maximum atomic E-state index is 10.9. The van der Waals surface area contributed by atoms with Gasteiger partial charge in [-0.2, -0.15) is 0 Å². The smallest absolute Gasteiger partial charge is 0.330 e. The Morgan fingerprint density at radius 1 is 0.957 bits per heavy atom. The average molecular weight is 309 g/mol. The summed E-state index contributed by atoms with van der Waals surface area (Å²) >= 11 is 0. The Balaban J connectivity index is 2.02. The van der Waals surface area contributed by atoms with Gasteiger partial charge < -0.3 is 5.11 Å². The lowest BCUT2D eigenvalue weighted by Gasteiger charge is -2.22. The monoisotopic (exact) mass is 309 g/mol. The van der Waals surface area contributed by atoms with E-state index in [9.17, 15) is 4.79 Å². The van der Waals surface area contributed by atoms with E-state index in [-0.39, 0.29) is 0 Å². The molecule has 0 amide bonds. The number of carboxylic acids is 1. The zero-order valence-electron chi connectivity index (χ0n) is 13.5. The molecule has 0 aliphatic heterocycles. The molecule has 0 fully saturated rings. The minimum Gasteiger partial charge on any atom is -0.478 e. The third-order valence-corrected chi connectivity index (χ3v) is 3.73. The largest absolute Gasteiger partial charge is 0.478 e. The van der Waals surface area contributed by atoms with E-state index < -0.39 is 5.97 Å². The molecule has 0 saturated carbocycles. The third kappa shape index (κ3) is 6.09. The van der Waals surface area contributed by atoms with Gasteiger partial charge in [-0.15, -0.1) is 0 Å². The van der Waals surface area contributed by atoms with Crippen LogP contribution in [0, 0.1) is 0 Å². The predicted molar refractivity (Wildman–Crippen MR) is 93.0 cm³/mol. The first kappa shape index (κ1) is 17.0. The van der Waals surface area contributed by atoms with E-state index in [1.807, 2.05) is 36.4 Å². The van der Waals surface area contributed by atoms with Crippen LogP contribution >= 0.6 is 0 Å². The molecule has 0 heterocycles. The number of carbonyl (C=O) groups is 1. The molecule has 2 aromatic carbocycles. The summed E-state index contributed by atoms with van der Waals surface area (Å²) in [5.41, 5.74) is 2.94. The highest BCUT2D eigenvalue weighted by Gasteiger charge is 2.07. The number of carboxylic acid groups (broad SMARTS) is 1. The normalized spacial score (nSPS) is 11.7. The predicted octanol–water partition coefficient (Wildman–Crippen LogP) is 4.11. The van der Waals surface area contributed by atoms with Gasteiger partial charge in [-0.25, -0.2) is 4.79 Å². The first-order valence-corrected chi connectivity index (χ1v) is 7.85. The number of hydrogen-bond donors (Lipinski definition) is 1. The van der Waals surface area contributed by atoms with Gasteiger partial charge in [-0.3, -0.25) is 4.90 Å². The maximum absolute atomic E-state index is 10.9. The highest BCUT2D eigenvalue weighted by Crippen LogP contribution is 2.11. The Bertz CT molecular complexity index is 594. The van der Waals surface area contributed by atoms with Crippen LogP contribution in [0.5, 0.6) is 0 Å². The molecule has 0 bridgehead atoms. The highest BCUT2D eigenvalue weighted by molar-refractivity contribution is 5.85. The lowest BCUT2D eigenvalue weighted by molar-refractivity contribution is -0.132. The van der Waals surface area contributed by atoms with Crippen molar-refractivity contribution in [1.29, 1.82) is 0 Å². The number of aliphatic carboxylic acids is 1. The van der Waals surface area contributed by atoms with Crippen molar-refractivity contribution in [3.63, 3.8) is 0 Å². The lowest BCUT2D eigenvalue weighted by atomic mass is 10.1. The molecule has 0 aliphatic carbocycles. The van der Waals surface area contributed by atoms with E-state index in [2.05, 4.69) is 29.2 Å². The van der Waals surface area contributed by atoms with Crippen LogP contribution in [0.4, 0.5) is 0 Å². The molecule has 0 unspecified atom stereocenters. The summed E-state index contributed by atoms with van der Waals surface area (Å²) in [6.07, 6.45) is 2.53. The van der Waals surface area contributed by atoms with Gasteiger partial charge in [0, 0.05) is 25.2 Å². The number of nitrogens with zero attached hydrogens (tertiary/aromatic N) is 1. The van der Waals surface area contributed by atoms with Crippen molar-refractivity contribution in [2.45, 2.75) is 26.4 Å². The average Bonchev–Trinajstić information content (AvgIpc) is 2.56. The van der Waals surface area contributed by atoms with E-state index in [4.69, 9.17) is 5.11 Å². The van der Waals surface area contributed by atoms with Gasteiger partial charge >= 0.3 is 5.97 Å². The first-order chi connectivity index (χ1) is 11.1. The summed E-state index contributed by atoms with van der Waals surface area (Å²) in [6, 6.07) is 20.7. The van der Waals surface area contributed by atoms with Crippen LogP contribution in [0.3, 0.4) is 0 Å². The standard InChI is InChI=1S/C20H23NO2/c1-17(20(22)23)9-8-14-21(15-18-10-4-2-5-11-18)16-19-12-6-3-7-13-19/h2-7,9-13H,8,14-16H2,1H3,(H,22,23). The fraction of sp³-hybridized carbons (Fsp3) is 0.250. The Labute approximate surface area is 137 Å². The van der Waals surface area contributed by atoms with Crippen molar-refractivity contribution < 1.29 is 9.90 Å². The van der Waals surface area contributed by atoms with Crippen molar-refractivity contribution in [3.8, 4) is 0 Å². The van der Waals surface area contributed by atoms with Gasteiger partial charge in [0.25, 0.3) is 0 Å². The van der Waals surface area contributed by atoms with Gasteiger partial charge in [0.1, 0.15) is 0 Å². The molecule has 0 saturated heterocycles. The van der Waals surface area contributed by atoms with Gasteiger partial charge in [-0.05, 0) is 24.5 Å². The van der Waals surface area contributed by atoms with Gasteiger partial charge in [0.2, 0.25) is 0 Å². The summed E-state index contributed by atoms with van der Waals surface area (Å²) in [5.74, 6) is -0.845. The Morgan fingerprint density at radius 2 is 1.43 bits per heavy atom. The van der Waals surface area contributed by atoms with Gasteiger partial charge in [-0.1, -0.05) is 66.7 Å². The topological polar surface area (TPSA) is 40.5 Å². The molecular weight excluding hydrogens is 286 g/mol. The molecule has 0 aromatic heterocycles. The van der Waals surface area contributed by atoms with Crippen LogP contribution in [0.1, 0.15) is 24.5 Å². The molecule has 2 aromatic rings. The SMILES string of the molecule is CC(=CCCN(Cc1ccccc1)Cc1ccccc1)C(=O)O. The summed E-state index contributed by atoms with van der Waals surface area (Å²) in [5, 5.41) is 8.94. The molecule has 3 nitrogen and oxygen atoms in total. The lowest BCUT2D eigenvalue weighted by Crippen LogP contribution is -2.23. The van der Waals surface area contributed by atoms with Crippen LogP contribution in [-0.4, -0.2) is 22.5 Å². The first-order valence-electron chi connectivity index (χ1n) is 7.85. The van der Waals surface area contributed by atoms with Crippen molar-refractivity contribution in [1.82, 2.24) is 4.90 Å². The Kier molecular flexibility index (Phi) is 6.57. The summed E-state index contributed by atoms with van der Waals surface area (Å²) in [6.45, 7) is 4.18. The van der Waals surface area contributed by atoms with Gasteiger partial charge in [0.05, 0.1) is 0 Å². The third-order valence-electron chi connectivity index (χ3n) is 3.73. The molecule has 1 N–H and O–H groups in total. The fourth-order valence-corrected chi connectivity index (χ4v) is 2.45. The molecule has 120 valence electrons. The number of benzene rings is 2. The van der Waals surface area contributed by atoms with Crippen molar-refractivity contribution in [3.05, 3.63) is 83.4 Å². The molecule has 0 spiro atoms. The second-order valence-electron chi connectivity index (χ2n) is 5.66. The molecule has 23 heavy (non-hydrogen) atoms.